The maximum Gasteiger partial charge on any atom is 0.201 e. The molecule has 1 aliphatic rings. The molecule has 1 fully saturated rings. The van der Waals surface area contributed by atoms with E-state index in [0.717, 1.165) is 23.3 Å². The van der Waals surface area contributed by atoms with Crippen LogP contribution in [0.15, 0.2) is 18.2 Å². The van der Waals surface area contributed by atoms with Crippen molar-refractivity contribution >= 4 is 17.0 Å². The number of hydrogen-bond acceptors (Lipinski definition) is 3. The zero-order valence-corrected chi connectivity index (χ0v) is 12.4. The zero-order chi connectivity index (χ0) is 14.2. The van der Waals surface area contributed by atoms with E-state index in [2.05, 4.69) is 22.5 Å². The first-order valence-electron chi connectivity index (χ1n) is 7.48. The molecule has 2 N–H and O–H groups in total. The zero-order valence-electron chi connectivity index (χ0n) is 12.4. The number of ether oxygens (including phenoxy) is 1. The Hall–Kier alpha value is -1.71. The molecule has 1 saturated carbocycles. The topological polar surface area (TPSA) is 53.1 Å². The van der Waals surface area contributed by atoms with Crippen LogP contribution in [0.2, 0.25) is 0 Å². The summed E-state index contributed by atoms with van der Waals surface area (Å²) in [5.74, 6) is 1.40. The smallest absolute Gasteiger partial charge is 0.201 e. The van der Waals surface area contributed by atoms with Gasteiger partial charge in [0, 0.05) is 6.54 Å². The van der Waals surface area contributed by atoms with E-state index in [1.165, 1.54) is 32.1 Å². The van der Waals surface area contributed by atoms with Crippen molar-refractivity contribution in [3.8, 4) is 5.75 Å². The molecule has 0 bridgehead atoms. The Labute approximate surface area is 119 Å². The van der Waals surface area contributed by atoms with Crippen molar-refractivity contribution in [1.82, 2.24) is 9.55 Å². The molecule has 0 amide bonds. The SMILES string of the molecule is CCC1(Cn2c(N)nc3c(OC)cccc32)CCCC1. The number of nitrogen functional groups attached to an aromatic ring is 1. The molecule has 0 atom stereocenters. The summed E-state index contributed by atoms with van der Waals surface area (Å²) in [4.78, 5) is 4.51. The largest absolute Gasteiger partial charge is 0.494 e. The van der Waals surface area contributed by atoms with Gasteiger partial charge in [-0.15, -0.1) is 0 Å². The lowest BCUT2D eigenvalue weighted by Gasteiger charge is -2.28. The Morgan fingerprint density at radius 3 is 2.75 bits per heavy atom. The van der Waals surface area contributed by atoms with Gasteiger partial charge in [0.2, 0.25) is 5.95 Å². The highest BCUT2D eigenvalue weighted by atomic mass is 16.5. The number of rotatable bonds is 4. The molecule has 0 saturated heterocycles. The maximum atomic E-state index is 6.16. The van der Waals surface area contributed by atoms with E-state index in [0.29, 0.717) is 11.4 Å². The summed E-state index contributed by atoms with van der Waals surface area (Å²) < 4.78 is 7.56. The molecular formula is C16H23N3O. The van der Waals surface area contributed by atoms with E-state index in [1.54, 1.807) is 7.11 Å². The molecule has 2 aromatic rings. The molecular weight excluding hydrogens is 250 g/mol. The second-order valence-electron chi connectivity index (χ2n) is 5.94. The van der Waals surface area contributed by atoms with E-state index in [9.17, 15) is 0 Å². The molecule has 20 heavy (non-hydrogen) atoms. The van der Waals surface area contributed by atoms with Crippen LogP contribution in [-0.4, -0.2) is 16.7 Å². The molecule has 0 unspecified atom stereocenters. The van der Waals surface area contributed by atoms with Gasteiger partial charge in [-0.1, -0.05) is 25.8 Å². The second kappa shape index (κ2) is 5.00. The van der Waals surface area contributed by atoms with Crippen LogP contribution in [0.4, 0.5) is 5.95 Å². The lowest BCUT2D eigenvalue weighted by molar-refractivity contribution is 0.242. The molecule has 0 spiro atoms. The van der Waals surface area contributed by atoms with Gasteiger partial charge in [0.05, 0.1) is 12.6 Å². The fraction of sp³-hybridized carbons (Fsp3) is 0.562. The average molecular weight is 273 g/mol. The second-order valence-corrected chi connectivity index (χ2v) is 5.94. The number of para-hydroxylation sites is 1. The van der Waals surface area contributed by atoms with Crippen molar-refractivity contribution in [3.05, 3.63) is 18.2 Å². The number of nitrogens with zero attached hydrogens (tertiary/aromatic N) is 2. The van der Waals surface area contributed by atoms with E-state index < -0.39 is 0 Å². The van der Waals surface area contributed by atoms with Crippen LogP contribution in [-0.2, 0) is 6.54 Å². The third-order valence-electron chi connectivity index (χ3n) is 4.90. The van der Waals surface area contributed by atoms with Crippen molar-refractivity contribution in [2.75, 3.05) is 12.8 Å². The van der Waals surface area contributed by atoms with Crippen LogP contribution < -0.4 is 10.5 Å². The molecule has 1 aromatic carbocycles. The molecule has 108 valence electrons. The van der Waals surface area contributed by atoms with E-state index >= 15 is 0 Å². The Kier molecular flexibility index (Phi) is 3.32. The normalized spacial score (nSPS) is 17.7. The number of hydrogen-bond donors (Lipinski definition) is 1. The third-order valence-corrected chi connectivity index (χ3v) is 4.90. The van der Waals surface area contributed by atoms with Gasteiger partial charge in [0.15, 0.2) is 0 Å². The highest BCUT2D eigenvalue weighted by molar-refractivity contribution is 5.84. The van der Waals surface area contributed by atoms with Crippen molar-refractivity contribution in [3.63, 3.8) is 0 Å². The Balaban J connectivity index is 2.05. The highest BCUT2D eigenvalue weighted by Gasteiger charge is 2.33. The van der Waals surface area contributed by atoms with E-state index in [-0.39, 0.29) is 0 Å². The van der Waals surface area contributed by atoms with Crippen molar-refractivity contribution < 1.29 is 4.74 Å². The summed E-state index contributed by atoms with van der Waals surface area (Å²) in [6.45, 7) is 3.26. The first-order valence-corrected chi connectivity index (χ1v) is 7.48. The summed E-state index contributed by atoms with van der Waals surface area (Å²) in [7, 11) is 1.68. The lowest BCUT2D eigenvalue weighted by Crippen LogP contribution is -2.23. The number of anilines is 1. The number of methoxy groups -OCH3 is 1. The number of aromatic nitrogens is 2. The number of imidazole rings is 1. The monoisotopic (exact) mass is 273 g/mol. The molecule has 4 heteroatoms. The van der Waals surface area contributed by atoms with Crippen LogP contribution in [0, 0.1) is 5.41 Å². The van der Waals surface area contributed by atoms with Crippen LogP contribution in [0.3, 0.4) is 0 Å². The summed E-state index contributed by atoms with van der Waals surface area (Å²) in [6.07, 6.45) is 6.47. The Bertz CT molecular complexity index is 611. The van der Waals surface area contributed by atoms with Crippen LogP contribution in [0.1, 0.15) is 39.0 Å². The molecule has 3 rings (SSSR count). The average Bonchev–Trinajstić information content (AvgIpc) is 3.05. The predicted molar refractivity (Wildman–Crippen MR) is 81.9 cm³/mol. The maximum absolute atomic E-state index is 6.16. The molecule has 0 aliphatic heterocycles. The molecule has 1 heterocycles. The Morgan fingerprint density at radius 2 is 2.10 bits per heavy atom. The lowest BCUT2D eigenvalue weighted by atomic mass is 9.83. The number of benzene rings is 1. The van der Waals surface area contributed by atoms with Gasteiger partial charge < -0.3 is 15.0 Å². The van der Waals surface area contributed by atoms with Crippen LogP contribution in [0.25, 0.3) is 11.0 Å². The van der Waals surface area contributed by atoms with Crippen molar-refractivity contribution in [2.24, 2.45) is 5.41 Å². The summed E-state index contributed by atoms with van der Waals surface area (Å²) in [5, 5.41) is 0. The first-order chi connectivity index (χ1) is 9.69. The first kappa shape index (κ1) is 13.3. The minimum Gasteiger partial charge on any atom is -0.494 e. The van der Waals surface area contributed by atoms with Crippen LogP contribution >= 0.6 is 0 Å². The molecule has 1 aromatic heterocycles. The van der Waals surface area contributed by atoms with Gasteiger partial charge in [-0.25, -0.2) is 4.98 Å². The summed E-state index contributed by atoms with van der Waals surface area (Å²) in [6, 6.07) is 6.02. The predicted octanol–water partition coefficient (Wildman–Crippen LogP) is 3.60. The summed E-state index contributed by atoms with van der Waals surface area (Å²) in [5.41, 5.74) is 8.52. The fourth-order valence-electron chi connectivity index (χ4n) is 3.55. The van der Waals surface area contributed by atoms with Gasteiger partial charge in [-0.05, 0) is 36.8 Å². The van der Waals surface area contributed by atoms with Gasteiger partial charge >= 0.3 is 0 Å². The van der Waals surface area contributed by atoms with E-state index in [4.69, 9.17) is 10.5 Å². The molecule has 0 radical (unpaired) electrons. The minimum absolute atomic E-state index is 0.394. The van der Waals surface area contributed by atoms with Gasteiger partial charge in [0.1, 0.15) is 11.3 Å². The van der Waals surface area contributed by atoms with Crippen LogP contribution in [0.5, 0.6) is 5.75 Å². The van der Waals surface area contributed by atoms with E-state index in [1.807, 2.05) is 12.1 Å². The molecule has 1 aliphatic carbocycles. The minimum atomic E-state index is 0.394. The van der Waals surface area contributed by atoms with Gasteiger partial charge in [0.25, 0.3) is 0 Å². The van der Waals surface area contributed by atoms with Crippen molar-refractivity contribution in [2.45, 2.75) is 45.6 Å². The summed E-state index contributed by atoms with van der Waals surface area (Å²) >= 11 is 0. The Morgan fingerprint density at radius 1 is 1.35 bits per heavy atom. The fourth-order valence-corrected chi connectivity index (χ4v) is 3.55. The number of fused-ring (bicyclic) bond motifs is 1. The van der Waals surface area contributed by atoms with Gasteiger partial charge in [-0.3, -0.25) is 0 Å². The highest BCUT2D eigenvalue weighted by Crippen LogP contribution is 2.43. The third kappa shape index (κ3) is 2.03. The van der Waals surface area contributed by atoms with Crippen molar-refractivity contribution in [1.29, 1.82) is 0 Å². The van der Waals surface area contributed by atoms with Gasteiger partial charge in [-0.2, -0.15) is 0 Å². The molecule has 4 nitrogen and oxygen atoms in total. The number of nitrogens with two attached hydrogens (primary N) is 1. The quantitative estimate of drug-likeness (QED) is 0.926. The standard InChI is InChI=1S/C16H23N3O/c1-3-16(9-4-5-10-16)11-19-12-7-6-8-13(20-2)14(12)18-15(19)17/h6-8H,3-5,9-11H2,1-2H3,(H2,17,18).